The van der Waals surface area contributed by atoms with Crippen molar-refractivity contribution >= 4 is 10.1 Å². The first-order valence-corrected chi connectivity index (χ1v) is 15.0. The number of rotatable bonds is 8. The molecule has 0 amide bonds. The Morgan fingerprint density at radius 2 is 1.08 bits per heavy atom. The molecule has 1 N–H and O–H groups in total. The Kier molecular flexibility index (Phi) is 8.59. The fourth-order valence-corrected chi connectivity index (χ4v) is 6.90. The van der Waals surface area contributed by atoms with Crippen LogP contribution in [0.25, 0.3) is 0 Å². The summed E-state index contributed by atoms with van der Waals surface area (Å²) in [6.45, 7) is -1.83. The molecule has 4 rings (SSSR count). The molecule has 0 spiro atoms. The van der Waals surface area contributed by atoms with E-state index in [2.05, 4.69) is 6.07 Å². The van der Waals surface area contributed by atoms with E-state index < -0.39 is 27.9 Å². The molecule has 0 aromatic heterocycles. The summed E-state index contributed by atoms with van der Waals surface area (Å²) in [5, 5.41) is -5.64. The first-order valence-electron chi connectivity index (χ1n) is 13.5. The maximum atomic E-state index is 14.4. The van der Waals surface area contributed by atoms with Crippen LogP contribution in [-0.4, -0.2) is 30.8 Å². The van der Waals surface area contributed by atoms with E-state index in [1.807, 2.05) is 6.07 Å². The number of benzene rings is 1. The van der Waals surface area contributed by atoms with E-state index in [0.717, 1.165) is 101 Å². The van der Waals surface area contributed by atoms with Gasteiger partial charge in [0.05, 0.1) is 0 Å². The molecule has 0 atom stereocenters. The van der Waals surface area contributed by atoms with Gasteiger partial charge in [-0.1, -0.05) is 63.9 Å². The van der Waals surface area contributed by atoms with Gasteiger partial charge >= 0.3 is 21.3 Å². The number of hydrogen-bond acceptors (Lipinski definition) is 3. The van der Waals surface area contributed by atoms with Crippen LogP contribution >= 0.6 is 0 Å². The lowest BCUT2D eigenvalue weighted by Gasteiger charge is -2.33. The highest BCUT2D eigenvalue weighted by Crippen LogP contribution is 2.47. The van der Waals surface area contributed by atoms with Crippen LogP contribution in [0, 0.1) is 0 Å². The van der Waals surface area contributed by atoms with E-state index in [-0.39, 0.29) is 17.6 Å². The van der Waals surface area contributed by atoms with Crippen molar-refractivity contribution < 1.29 is 35.3 Å². The van der Waals surface area contributed by atoms with Gasteiger partial charge in [0, 0.05) is 0 Å². The van der Waals surface area contributed by atoms with Gasteiger partial charge in [0.1, 0.15) is 5.75 Å². The van der Waals surface area contributed by atoms with Crippen molar-refractivity contribution in [2.45, 2.75) is 125 Å². The molecule has 3 fully saturated rings. The Bertz CT molecular complexity index is 993. The van der Waals surface area contributed by atoms with Gasteiger partial charge in [-0.05, 0) is 79.0 Å². The van der Waals surface area contributed by atoms with Crippen molar-refractivity contribution in [3.63, 3.8) is 0 Å². The van der Waals surface area contributed by atoms with Gasteiger partial charge in [-0.3, -0.25) is 4.55 Å². The molecule has 3 saturated carbocycles. The van der Waals surface area contributed by atoms with Gasteiger partial charge in [-0.15, -0.1) is 0 Å². The number of halogens is 4. The first kappa shape index (κ1) is 27.7. The second kappa shape index (κ2) is 11.2. The first-order chi connectivity index (χ1) is 17.0. The molecule has 0 unspecified atom stereocenters. The van der Waals surface area contributed by atoms with Crippen LogP contribution in [0.3, 0.4) is 0 Å². The summed E-state index contributed by atoms with van der Waals surface area (Å²) in [6, 6.07) is 3.93. The number of hydrogen-bond donors (Lipinski definition) is 1. The maximum absolute atomic E-state index is 14.4. The summed E-state index contributed by atoms with van der Waals surface area (Å²) >= 11 is 0. The van der Waals surface area contributed by atoms with Gasteiger partial charge in [-0.25, -0.2) is 0 Å². The van der Waals surface area contributed by atoms with Crippen molar-refractivity contribution in [2.75, 3.05) is 6.61 Å². The Labute approximate surface area is 211 Å². The van der Waals surface area contributed by atoms with Crippen molar-refractivity contribution in [1.82, 2.24) is 0 Å². The second-order valence-electron chi connectivity index (χ2n) is 11.0. The molecule has 1 aromatic carbocycles. The summed E-state index contributed by atoms with van der Waals surface area (Å²) in [4.78, 5) is 0. The summed E-state index contributed by atoms with van der Waals surface area (Å²) in [5.41, 5.74) is 3.13. The van der Waals surface area contributed by atoms with Crippen LogP contribution in [0.1, 0.15) is 131 Å². The van der Waals surface area contributed by atoms with Crippen LogP contribution in [0.4, 0.5) is 17.6 Å². The molecule has 3 aliphatic carbocycles. The highest BCUT2D eigenvalue weighted by Gasteiger charge is 2.66. The average Bonchev–Trinajstić information content (AvgIpc) is 2.88. The quantitative estimate of drug-likeness (QED) is 0.269. The van der Waals surface area contributed by atoms with Crippen LogP contribution in [-0.2, 0) is 10.1 Å². The fourth-order valence-electron chi connectivity index (χ4n) is 6.46. The minimum absolute atomic E-state index is 0.0900. The SMILES string of the molecule is O=S(=O)(O)C(F)(F)C(F)(F)COc1cc(C2CCCCC2)c(C2CCCCC2)cc1C1CCCCC1. The molecule has 204 valence electrons. The Morgan fingerprint density at radius 1 is 0.694 bits per heavy atom. The zero-order valence-electron chi connectivity index (χ0n) is 20.8. The lowest BCUT2D eigenvalue weighted by atomic mass is 9.73. The van der Waals surface area contributed by atoms with Crippen molar-refractivity contribution in [2.24, 2.45) is 0 Å². The third-order valence-electron chi connectivity index (χ3n) is 8.51. The third-order valence-corrected chi connectivity index (χ3v) is 9.46. The van der Waals surface area contributed by atoms with E-state index in [4.69, 9.17) is 9.29 Å². The van der Waals surface area contributed by atoms with Crippen LogP contribution < -0.4 is 4.74 Å². The Balaban J connectivity index is 1.74. The minimum atomic E-state index is -6.30. The van der Waals surface area contributed by atoms with E-state index in [9.17, 15) is 26.0 Å². The average molecular weight is 535 g/mol. The van der Waals surface area contributed by atoms with E-state index in [1.54, 1.807) is 0 Å². The Morgan fingerprint density at radius 3 is 1.50 bits per heavy atom. The molecule has 3 aliphatic rings. The van der Waals surface area contributed by atoms with E-state index >= 15 is 0 Å². The van der Waals surface area contributed by atoms with Gasteiger partial charge in [0.2, 0.25) is 0 Å². The van der Waals surface area contributed by atoms with Crippen molar-refractivity contribution in [1.29, 1.82) is 0 Å². The normalized spacial score (nSPS) is 22.0. The van der Waals surface area contributed by atoms with E-state index in [0.29, 0.717) is 5.92 Å². The summed E-state index contributed by atoms with van der Waals surface area (Å²) in [6.07, 6.45) is 15.9. The molecule has 36 heavy (non-hydrogen) atoms. The molecule has 0 heterocycles. The fraction of sp³-hybridized carbons (Fsp3) is 0.778. The van der Waals surface area contributed by atoms with Gasteiger partial charge in [0.25, 0.3) is 0 Å². The summed E-state index contributed by atoms with van der Waals surface area (Å²) in [5.74, 6) is -4.16. The molecule has 0 radical (unpaired) electrons. The van der Waals surface area contributed by atoms with Crippen molar-refractivity contribution in [3.05, 3.63) is 28.8 Å². The minimum Gasteiger partial charge on any atom is -0.487 e. The van der Waals surface area contributed by atoms with Gasteiger partial charge in [0.15, 0.2) is 6.61 Å². The molecule has 4 nitrogen and oxygen atoms in total. The lowest BCUT2D eigenvalue weighted by Crippen LogP contribution is -2.50. The highest BCUT2D eigenvalue weighted by atomic mass is 32.2. The molecule has 9 heteroatoms. The highest BCUT2D eigenvalue weighted by molar-refractivity contribution is 7.87. The number of ether oxygens (including phenoxy) is 1. The van der Waals surface area contributed by atoms with E-state index in [1.165, 1.54) is 12.0 Å². The predicted octanol–water partition coefficient (Wildman–Crippen LogP) is 8.32. The summed E-state index contributed by atoms with van der Waals surface area (Å²) < 4.78 is 92.6. The number of alkyl halides is 4. The molecule has 1 aromatic rings. The van der Waals surface area contributed by atoms with Crippen molar-refractivity contribution in [3.8, 4) is 5.75 Å². The van der Waals surface area contributed by atoms with Crippen LogP contribution in [0.15, 0.2) is 12.1 Å². The molecular weight excluding hydrogens is 496 g/mol. The second-order valence-corrected chi connectivity index (χ2v) is 12.5. The third kappa shape index (κ3) is 5.87. The smallest absolute Gasteiger partial charge is 0.435 e. The lowest BCUT2D eigenvalue weighted by molar-refractivity contribution is -0.176. The largest absolute Gasteiger partial charge is 0.487 e. The maximum Gasteiger partial charge on any atom is 0.435 e. The van der Waals surface area contributed by atoms with Gasteiger partial charge < -0.3 is 4.74 Å². The molecule has 0 aliphatic heterocycles. The standard InChI is InChI=1S/C27H38F4O4S/c28-26(29,27(30,31)36(32,33)34)18-35-25-17-23(20-12-6-2-7-13-20)22(19-10-4-1-5-11-19)16-24(25)21-14-8-3-9-15-21/h16-17,19-21H,1-15,18H2,(H,32,33,34). The summed E-state index contributed by atoms with van der Waals surface area (Å²) in [7, 11) is -6.30. The van der Waals surface area contributed by atoms with Gasteiger partial charge in [-0.2, -0.15) is 26.0 Å². The monoisotopic (exact) mass is 534 g/mol. The Hall–Kier alpha value is -1.35. The van der Waals surface area contributed by atoms with Crippen LogP contribution in [0.2, 0.25) is 0 Å². The van der Waals surface area contributed by atoms with Crippen LogP contribution in [0.5, 0.6) is 5.75 Å². The zero-order valence-corrected chi connectivity index (χ0v) is 21.6. The molecule has 0 bridgehead atoms. The molecule has 0 saturated heterocycles. The topological polar surface area (TPSA) is 63.6 Å². The zero-order chi connectivity index (χ0) is 26.0. The molecular formula is C27H38F4O4S. The predicted molar refractivity (Wildman–Crippen MR) is 131 cm³/mol.